The maximum atomic E-state index is 11.4. The van der Waals surface area contributed by atoms with Gasteiger partial charge in [-0.25, -0.2) is 4.79 Å². The Labute approximate surface area is 101 Å². The van der Waals surface area contributed by atoms with Crippen molar-refractivity contribution in [3.63, 3.8) is 0 Å². The highest BCUT2D eigenvalue weighted by atomic mass is 16.7. The fraction of sp³-hybridized carbons (Fsp3) is 0.769. The van der Waals surface area contributed by atoms with Gasteiger partial charge in [-0.3, -0.25) is 0 Å². The van der Waals surface area contributed by atoms with Crippen LogP contribution < -0.4 is 0 Å². The second kappa shape index (κ2) is 4.10. The Morgan fingerprint density at radius 2 is 2.24 bits per heavy atom. The lowest BCUT2D eigenvalue weighted by molar-refractivity contribution is -0.267. The molecule has 0 N–H and O–H groups in total. The molecule has 2 atom stereocenters. The van der Waals surface area contributed by atoms with Crippen LogP contribution in [0.5, 0.6) is 0 Å². The van der Waals surface area contributed by atoms with E-state index in [0.29, 0.717) is 31.7 Å². The second-order valence-electron chi connectivity index (χ2n) is 5.04. The fourth-order valence-electron chi connectivity index (χ4n) is 3.37. The molecule has 1 spiro atoms. The monoisotopic (exact) mass is 238 g/mol. The van der Waals surface area contributed by atoms with Gasteiger partial charge in [-0.1, -0.05) is 5.57 Å². The Hall–Kier alpha value is -0.870. The van der Waals surface area contributed by atoms with Crippen LogP contribution in [0.3, 0.4) is 0 Å². The lowest BCUT2D eigenvalue weighted by Crippen LogP contribution is -2.52. The van der Waals surface area contributed by atoms with Gasteiger partial charge in [0.15, 0.2) is 5.79 Å². The minimum absolute atomic E-state index is 0.217. The molecule has 3 rings (SSSR count). The summed E-state index contributed by atoms with van der Waals surface area (Å²) < 4.78 is 16.4. The third kappa shape index (κ3) is 1.79. The van der Waals surface area contributed by atoms with Crippen LogP contribution in [0.2, 0.25) is 0 Å². The molecular formula is C13H18O4. The predicted molar refractivity (Wildman–Crippen MR) is 60.2 cm³/mol. The summed E-state index contributed by atoms with van der Waals surface area (Å²) in [5, 5.41) is 0. The molecule has 2 saturated carbocycles. The van der Waals surface area contributed by atoms with E-state index >= 15 is 0 Å². The molecule has 0 amide bonds. The van der Waals surface area contributed by atoms with Gasteiger partial charge in [0, 0.05) is 18.4 Å². The highest BCUT2D eigenvalue weighted by Gasteiger charge is 2.60. The summed E-state index contributed by atoms with van der Waals surface area (Å²) in [5.74, 6) is 0.556. The van der Waals surface area contributed by atoms with Crippen molar-refractivity contribution in [3.8, 4) is 0 Å². The van der Waals surface area contributed by atoms with Crippen molar-refractivity contribution >= 4 is 5.97 Å². The summed E-state index contributed by atoms with van der Waals surface area (Å²) in [7, 11) is 0. The zero-order valence-electron chi connectivity index (χ0n) is 10.1. The van der Waals surface area contributed by atoms with Gasteiger partial charge in [-0.15, -0.1) is 0 Å². The minimum atomic E-state index is -0.311. The van der Waals surface area contributed by atoms with Gasteiger partial charge in [0.25, 0.3) is 0 Å². The molecule has 1 aliphatic heterocycles. The van der Waals surface area contributed by atoms with Crippen LogP contribution in [0.1, 0.15) is 26.2 Å². The van der Waals surface area contributed by atoms with Gasteiger partial charge in [0.2, 0.25) is 0 Å². The van der Waals surface area contributed by atoms with E-state index in [0.717, 1.165) is 19.3 Å². The molecule has 2 aliphatic carbocycles. The number of carbonyl (C=O) groups is 1. The molecule has 0 aromatic carbocycles. The number of esters is 1. The van der Waals surface area contributed by atoms with Gasteiger partial charge in [0.1, 0.15) is 0 Å². The van der Waals surface area contributed by atoms with E-state index in [2.05, 4.69) is 0 Å². The van der Waals surface area contributed by atoms with E-state index in [1.165, 1.54) is 5.57 Å². The summed E-state index contributed by atoms with van der Waals surface area (Å²) in [4.78, 5) is 11.4. The van der Waals surface area contributed by atoms with E-state index < -0.39 is 0 Å². The molecule has 4 nitrogen and oxygen atoms in total. The molecule has 3 fully saturated rings. The maximum Gasteiger partial charge on any atom is 0.330 e. The molecule has 0 aromatic heterocycles. The van der Waals surface area contributed by atoms with E-state index in [9.17, 15) is 4.79 Å². The SMILES string of the molecule is CCOC(=O)C=C1CC2CC3(OCCO3)C2C1. The molecule has 17 heavy (non-hydrogen) atoms. The predicted octanol–water partition coefficient (Wildman–Crippen LogP) is 1.65. The summed E-state index contributed by atoms with van der Waals surface area (Å²) >= 11 is 0. The van der Waals surface area contributed by atoms with Crippen molar-refractivity contribution in [3.05, 3.63) is 11.6 Å². The average Bonchev–Trinajstić information content (AvgIpc) is 2.85. The summed E-state index contributed by atoms with van der Waals surface area (Å²) in [6, 6.07) is 0. The lowest BCUT2D eigenvalue weighted by Gasteiger charge is -2.47. The Morgan fingerprint density at radius 1 is 1.47 bits per heavy atom. The Balaban J connectivity index is 1.64. The van der Waals surface area contributed by atoms with Gasteiger partial charge >= 0.3 is 5.97 Å². The first-order valence-corrected chi connectivity index (χ1v) is 6.37. The van der Waals surface area contributed by atoms with Gasteiger partial charge < -0.3 is 14.2 Å². The van der Waals surface area contributed by atoms with Crippen molar-refractivity contribution in [2.45, 2.75) is 32.0 Å². The van der Waals surface area contributed by atoms with Crippen molar-refractivity contribution in [1.29, 1.82) is 0 Å². The van der Waals surface area contributed by atoms with Crippen LogP contribution in [0.25, 0.3) is 0 Å². The standard InChI is InChI=1S/C13H18O4/c1-2-15-12(14)7-9-5-10-8-13(11(10)6-9)16-3-4-17-13/h7,10-11H,2-6,8H2,1H3. The van der Waals surface area contributed by atoms with Gasteiger partial charge in [-0.2, -0.15) is 0 Å². The first-order chi connectivity index (χ1) is 8.23. The maximum absolute atomic E-state index is 11.4. The van der Waals surface area contributed by atoms with Crippen LogP contribution in [-0.4, -0.2) is 31.6 Å². The Morgan fingerprint density at radius 3 is 2.94 bits per heavy atom. The van der Waals surface area contributed by atoms with Crippen molar-refractivity contribution in [2.75, 3.05) is 19.8 Å². The Bertz CT molecular complexity index is 354. The highest BCUT2D eigenvalue weighted by Crippen LogP contribution is 2.58. The van der Waals surface area contributed by atoms with Crippen molar-refractivity contribution < 1.29 is 19.0 Å². The van der Waals surface area contributed by atoms with E-state index in [4.69, 9.17) is 14.2 Å². The molecule has 4 heteroatoms. The second-order valence-corrected chi connectivity index (χ2v) is 5.04. The van der Waals surface area contributed by atoms with E-state index in [-0.39, 0.29) is 11.8 Å². The molecule has 1 heterocycles. The fourth-order valence-corrected chi connectivity index (χ4v) is 3.37. The normalized spacial score (nSPS) is 35.9. The first kappa shape index (κ1) is 11.2. The Kier molecular flexibility index (Phi) is 2.71. The zero-order chi connectivity index (χ0) is 11.9. The van der Waals surface area contributed by atoms with Gasteiger partial charge in [0.05, 0.1) is 19.8 Å². The molecule has 0 aromatic rings. The van der Waals surface area contributed by atoms with Crippen LogP contribution >= 0.6 is 0 Å². The summed E-state index contributed by atoms with van der Waals surface area (Å²) in [6.07, 6.45) is 4.56. The number of hydrogen-bond donors (Lipinski definition) is 0. The number of fused-ring (bicyclic) bond motifs is 2. The summed E-state index contributed by atoms with van der Waals surface area (Å²) in [5.41, 5.74) is 1.19. The third-order valence-corrected chi connectivity index (χ3v) is 4.07. The van der Waals surface area contributed by atoms with E-state index in [1.807, 2.05) is 6.92 Å². The van der Waals surface area contributed by atoms with Crippen LogP contribution in [0.15, 0.2) is 11.6 Å². The molecule has 94 valence electrons. The smallest absolute Gasteiger partial charge is 0.330 e. The number of carbonyl (C=O) groups excluding carboxylic acids is 1. The molecule has 3 aliphatic rings. The van der Waals surface area contributed by atoms with E-state index in [1.54, 1.807) is 6.08 Å². The molecule has 0 radical (unpaired) electrons. The van der Waals surface area contributed by atoms with Crippen molar-refractivity contribution in [1.82, 2.24) is 0 Å². The summed E-state index contributed by atoms with van der Waals surface area (Å²) in [6.45, 7) is 3.68. The van der Waals surface area contributed by atoms with Crippen molar-refractivity contribution in [2.24, 2.45) is 11.8 Å². The topological polar surface area (TPSA) is 44.8 Å². The molecular weight excluding hydrogens is 220 g/mol. The van der Waals surface area contributed by atoms with Crippen LogP contribution in [0, 0.1) is 11.8 Å². The van der Waals surface area contributed by atoms with Crippen LogP contribution in [-0.2, 0) is 19.0 Å². The minimum Gasteiger partial charge on any atom is -0.463 e. The molecule has 2 unspecified atom stereocenters. The lowest BCUT2D eigenvalue weighted by atomic mass is 9.70. The van der Waals surface area contributed by atoms with Gasteiger partial charge in [-0.05, 0) is 25.7 Å². The third-order valence-electron chi connectivity index (χ3n) is 4.07. The van der Waals surface area contributed by atoms with Crippen LogP contribution in [0.4, 0.5) is 0 Å². The number of ether oxygens (including phenoxy) is 3. The molecule has 1 saturated heterocycles. The number of rotatable bonds is 2. The first-order valence-electron chi connectivity index (χ1n) is 6.37. The highest BCUT2D eigenvalue weighted by molar-refractivity contribution is 5.82. The number of hydrogen-bond acceptors (Lipinski definition) is 4. The average molecular weight is 238 g/mol. The number of allylic oxidation sites excluding steroid dienone is 1. The zero-order valence-corrected chi connectivity index (χ0v) is 10.1. The largest absolute Gasteiger partial charge is 0.463 e. The molecule has 0 bridgehead atoms. The quantitative estimate of drug-likeness (QED) is 0.542.